The van der Waals surface area contributed by atoms with Crippen LogP contribution in [-0.4, -0.2) is 62.8 Å². The molecule has 1 saturated heterocycles. The number of fused-ring (bicyclic) bond motifs is 2. The zero-order valence-corrected chi connectivity index (χ0v) is 22.1. The number of carboxylic acid groups (broad SMARTS) is 1. The summed E-state index contributed by atoms with van der Waals surface area (Å²) in [6.45, 7) is 2.49. The summed E-state index contributed by atoms with van der Waals surface area (Å²) in [7, 11) is 1.30. The zero-order valence-electron chi connectivity index (χ0n) is 19.6. The molecule has 0 saturated carbocycles. The maximum absolute atomic E-state index is 13.1. The number of aliphatic carboxylic acids is 1. The number of carbonyl (C=O) groups excluding carboxylic acids is 2. The van der Waals surface area contributed by atoms with E-state index < -0.39 is 29.2 Å². The van der Waals surface area contributed by atoms with Crippen LogP contribution < -0.4 is 15.6 Å². The molecular formula is C22H25N6O5S3+. The number of amides is 2. The molecule has 0 radical (unpaired) electrons. The minimum Gasteiger partial charge on any atom is -0.477 e. The van der Waals surface area contributed by atoms with E-state index in [9.17, 15) is 19.5 Å². The molecule has 0 aromatic carbocycles. The number of oxime groups is 1. The Morgan fingerprint density at radius 3 is 2.86 bits per heavy atom. The standard InChI is InChI=1S/C22H24N6O5S3/c1-10-27(13-5-3-4-6-14(13)36-10)7-11-8-34-20-16(19(30)28(20)17(11)21(31)32)25-18(29)15(26-33-2)12-9-35-22(23)24-12/h9,16,20H,3-8H2,1-2H3,(H3-,23,24,25,29,31,32)/p+1/b26-15-/t16-,20+/m1/s1. The molecule has 2 aliphatic heterocycles. The van der Waals surface area contributed by atoms with E-state index >= 15 is 0 Å². The molecular weight excluding hydrogens is 524 g/mol. The van der Waals surface area contributed by atoms with Crippen LogP contribution >= 0.6 is 34.4 Å². The first-order valence-corrected chi connectivity index (χ1v) is 14.1. The van der Waals surface area contributed by atoms with Crippen LogP contribution in [0.1, 0.15) is 34.1 Å². The smallest absolute Gasteiger partial charge is 0.352 e. The van der Waals surface area contributed by atoms with E-state index in [2.05, 4.69) is 26.9 Å². The Labute approximate surface area is 219 Å². The molecule has 14 heteroatoms. The highest BCUT2D eigenvalue weighted by molar-refractivity contribution is 8.00. The van der Waals surface area contributed by atoms with Crippen molar-refractivity contribution < 1.29 is 28.9 Å². The Hall–Kier alpha value is -2.97. The number of nitrogens with zero attached hydrogens (tertiary/aromatic N) is 4. The van der Waals surface area contributed by atoms with Gasteiger partial charge in [-0.15, -0.1) is 23.1 Å². The average molecular weight is 550 g/mol. The fourth-order valence-corrected chi connectivity index (χ4v) is 7.89. The lowest BCUT2D eigenvalue weighted by atomic mass is 10.0. The van der Waals surface area contributed by atoms with E-state index in [0.717, 1.165) is 35.6 Å². The number of nitrogen functional groups attached to an aromatic ring is 1. The number of carboxylic acids is 1. The van der Waals surface area contributed by atoms with Crippen molar-refractivity contribution in [3.05, 3.63) is 37.9 Å². The van der Waals surface area contributed by atoms with Crippen LogP contribution in [0.5, 0.6) is 0 Å². The maximum Gasteiger partial charge on any atom is 0.352 e. The van der Waals surface area contributed by atoms with E-state index in [4.69, 9.17) is 10.6 Å². The second-order valence-corrected chi connectivity index (χ2v) is 11.9. The van der Waals surface area contributed by atoms with Crippen molar-refractivity contribution in [1.82, 2.24) is 15.2 Å². The number of hydrogen-bond acceptors (Lipinski definition) is 10. The number of carbonyl (C=O) groups is 3. The van der Waals surface area contributed by atoms with Gasteiger partial charge in [0, 0.05) is 30.1 Å². The Morgan fingerprint density at radius 1 is 1.39 bits per heavy atom. The number of thioether (sulfide) groups is 1. The third kappa shape index (κ3) is 4.26. The van der Waals surface area contributed by atoms with Gasteiger partial charge in [-0.05, 0) is 19.3 Å². The molecule has 190 valence electrons. The first kappa shape index (κ1) is 24.7. The molecule has 2 amide bonds. The second kappa shape index (κ2) is 9.82. The minimum absolute atomic E-state index is 0.00923. The van der Waals surface area contributed by atoms with Crippen LogP contribution in [0.15, 0.2) is 21.8 Å². The van der Waals surface area contributed by atoms with Crippen molar-refractivity contribution in [2.75, 3.05) is 18.6 Å². The minimum atomic E-state index is -1.14. The second-order valence-electron chi connectivity index (χ2n) is 8.60. The van der Waals surface area contributed by atoms with Gasteiger partial charge in [-0.25, -0.2) is 9.78 Å². The lowest BCUT2D eigenvalue weighted by Crippen LogP contribution is -2.71. The summed E-state index contributed by atoms with van der Waals surface area (Å²) in [5.74, 6) is -1.82. The molecule has 3 aliphatic rings. The molecule has 2 aromatic rings. The van der Waals surface area contributed by atoms with Gasteiger partial charge in [0.15, 0.2) is 23.1 Å². The molecule has 5 rings (SSSR count). The van der Waals surface area contributed by atoms with Gasteiger partial charge in [-0.3, -0.25) is 14.5 Å². The van der Waals surface area contributed by atoms with Gasteiger partial charge in [0.2, 0.25) is 5.01 Å². The first-order valence-electron chi connectivity index (χ1n) is 11.3. The van der Waals surface area contributed by atoms with Crippen molar-refractivity contribution >= 4 is 63.1 Å². The first-order chi connectivity index (χ1) is 17.3. The van der Waals surface area contributed by atoms with Crippen LogP contribution in [0.2, 0.25) is 0 Å². The number of hydrogen-bond donors (Lipinski definition) is 3. The van der Waals surface area contributed by atoms with Crippen molar-refractivity contribution in [2.24, 2.45) is 5.16 Å². The highest BCUT2D eigenvalue weighted by Gasteiger charge is 2.55. The van der Waals surface area contributed by atoms with Gasteiger partial charge in [-0.1, -0.05) is 16.5 Å². The number of anilines is 1. The van der Waals surface area contributed by atoms with E-state index in [1.54, 1.807) is 16.7 Å². The third-order valence-corrected chi connectivity index (χ3v) is 9.63. The predicted octanol–water partition coefficient (Wildman–Crippen LogP) is 1.05. The summed E-state index contributed by atoms with van der Waals surface area (Å²) in [5.41, 5.74) is 7.77. The maximum atomic E-state index is 13.1. The van der Waals surface area contributed by atoms with E-state index in [1.165, 1.54) is 40.8 Å². The summed E-state index contributed by atoms with van der Waals surface area (Å²) >= 11 is 4.36. The van der Waals surface area contributed by atoms with Crippen LogP contribution in [0, 0.1) is 6.92 Å². The molecule has 4 heterocycles. The Balaban J connectivity index is 1.37. The predicted molar refractivity (Wildman–Crippen MR) is 136 cm³/mol. The lowest BCUT2D eigenvalue weighted by molar-refractivity contribution is -0.697. The van der Waals surface area contributed by atoms with Gasteiger partial charge in [0.05, 0.1) is 4.88 Å². The zero-order chi connectivity index (χ0) is 25.6. The number of rotatable bonds is 7. The van der Waals surface area contributed by atoms with Gasteiger partial charge < -0.3 is 21.0 Å². The summed E-state index contributed by atoms with van der Waals surface area (Å²) in [6, 6.07) is -0.889. The molecule has 1 aliphatic carbocycles. The van der Waals surface area contributed by atoms with E-state index in [1.807, 2.05) is 0 Å². The van der Waals surface area contributed by atoms with Crippen LogP contribution in [0.3, 0.4) is 0 Å². The summed E-state index contributed by atoms with van der Waals surface area (Å²) in [6.07, 6.45) is 4.34. The number of β-lactam (4-membered cyclic amide) rings is 1. The monoisotopic (exact) mass is 549 g/mol. The van der Waals surface area contributed by atoms with Crippen LogP contribution in [0.25, 0.3) is 0 Å². The highest BCUT2D eigenvalue weighted by Crippen LogP contribution is 2.40. The Kier molecular flexibility index (Phi) is 6.74. The number of nitrogens with two attached hydrogens (primary N) is 1. The summed E-state index contributed by atoms with van der Waals surface area (Å²) < 4.78 is 2.20. The lowest BCUT2D eigenvalue weighted by Gasteiger charge is -2.49. The molecule has 2 aromatic heterocycles. The number of thiazole rings is 2. The molecule has 0 unspecified atom stereocenters. The SMILES string of the molecule is CO/N=C(\C(=O)N[C@@H]1C(=O)N2C(C(=O)O)=C(C[n+]3c(C)sc4c3CCCC4)CS[C@@H]12)c1csc(N)n1. The molecule has 36 heavy (non-hydrogen) atoms. The fraction of sp³-hybridized carbons (Fsp3) is 0.455. The quantitative estimate of drug-likeness (QED) is 0.201. The van der Waals surface area contributed by atoms with Crippen molar-refractivity contribution in [3.63, 3.8) is 0 Å². The molecule has 0 bridgehead atoms. The molecule has 2 atom stereocenters. The van der Waals surface area contributed by atoms with E-state index in [-0.39, 0.29) is 22.2 Å². The van der Waals surface area contributed by atoms with Crippen molar-refractivity contribution in [1.29, 1.82) is 0 Å². The topological polar surface area (TPSA) is 151 Å². The fourth-order valence-electron chi connectivity index (χ4n) is 4.78. The van der Waals surface area contributed by atoms with Gasteiger partial charge in [0.25, 0.3) is 11.8 Å². The highest BCUT2D eigenvalue weighted by atomic mass is 32.2. The van der Waals surface area contributed by atoms with Crippen molar-refractivity contribution in [2.45, 2.75) is 50.6 Å². The summed E-state index contributed by atoms with van der Waals surface area (Å²) in [5, 5.41) is 18.9. The number of nitrogens with one attached hydrogen (secondary N) is 1. The summed E-state index contributed by atoms with van der Waals surface area (Å²) in [4.78, 5) is 49.8. The van der Waals surface area contributed by atoms with Crippen LogP contribution in [-0.2, 0) is 38.6 Å². The Morgan fingerprint density at radius 2 is 2.17 bits per heavy atom. The van der Waals surface area contributed by atoms with Crippen LogP contribution in [0.4, 0.5) is 5.13 Å². The third-order valence-electron chi connectivity index (χ3n) is 6.41. The van der Waals surface area contributed by atoms with Gasteiger partial charge in [-0.2, -0.15) is 4.57 Å². The largest absolute Gasteiger partial charge is 0.477 e. The number of aryl methyl sites for hydroxylation is 2. The average Bonchev–Trinajstić information content (AvgIpc) is 3.42. The molecule has 4 N–H and O–H groups in total. The normalized spacial score (nSPS) is 21.6. The van der Waals surface area contributed by atoms with Crippen molar-refractivity contribution in [3.8, 4) is 0 Å². The van der Waals surface area contributed by atoms with Gasteiger partial charge in [0.1, 0.15) is 29.9 Å². The molecule has 0 spiro atoms. The molecule has 1 fully saturated rings. The van der Waals surface area contributed by atoms with E-state index in [0.29, 0.717) is 17.9 Å². The Bertz CT molecular complexity index is 1320. The molecule has 11 nitrogen and oxygen atoms in total. The number of aromatic nitrogens is 2. The van der Waals surface area contributed by atoms with Gasteiger partial charge >= 0.3 is 5.97 Å².